The molecule has 0 radical (unpaired) electrons. The highest BCUT2D eigenvalue weighted by molar-refractivity contribution is 7.92. The molecule has 0 spiro atoms. The Bertz CT molecular complexity index is 628. The second-order valence-electron chi connectivity index (χ2n) is 2.92. The van der Waals surface area contributed by atoms with Crippen LogP contribution in [0.2, 0.25) is 0 Å². The van der Waals surface area contributed by atoms with Gasteiger partial charge >= 0.3 is 0 Å². The lowest BCUT2D eigenvalue weighted by molar-refractivity contribution is 0.551. The number of halogens is 2. The molecule has 17 heavy (non-hydrogen) atoms. The summed E-state index contributed by atoms with van der Waals surface area (Å²) in [5.41, 5.74) is 0. The predicted molar refractivity (Wildman–Crippen MR) is 51.3 cm³/mol. The first-order chi connectivity index (χ1) is 7.99. The third-order valence-corrected chi connectivity index (χ3v) is 3.12. The van der Waals surface area contributed by atoms with Gasteiger partial charge in [0.05, 0.1) is 0 Å². The molecule has 1 aromatic heterocycles. The van der Waals surface area contributed by atoms with Gasteiger partial charge in [-0.15, -0.1) is 5.10 Å². The number of rotatable bonds is 3. The molecule has 2 N–H and O–H groups in total. The van der Waals surface area contributed by atoms with Gasteiger partial charge in [0.2, 0.25) is 0 Å². The van der Waals surface area contributed by atoms with E-state index in [0.717, 1.165) is 12.1 Å². The van der Waals surface area contributed by atoms with Gasteiger partial charge in [0, 0.05) is 6.07 Å². The summed E-state index contributed by atoms with van der Waals surface area (Å²) in [6.07, 6.45) is 0. The number of tetrazole rings is 1. The van der Waals surface area contributed by atoms with E-state index in [1.165, 1.54) is 0 Å². The third-order valence-electron chi connectivity index (χ3n) is 1.75. The number of nitrogens with one attached hydrogen (secondary N) is 2. The SMILES string of the molecule is O=S(=O)(Nc1nn[nH]n1)c1ccc(F)cc1F. The van der Waals surface area contributed by atoms with Crippen LogP contribution in [0.25, 0.3) is 0 Å². The van der Waals surface area contributed by atoms with Crippen molar-refractivity contribution in [3.8, 4) is 0 Å². The fraction of sp³-hybridized carbons (Fsp3) is 0. The molecule has 0 aliphatic heterocycles. The monoisotopic (exact) mass is 261 g/mol. The Morgan fingerprint density at radius 3 is 2.65 bits per heavy atom. The zero-order valence-electron chi connectivity index (χ0n) is 8.05. The molecule has 10 heteroatoms. The van der Waals surface area contributed by atoms with E-state index in [9.17, 15) is 17.2 Å². The van der Waals surface area contributed by atoms with E-state index < -0.39 is 26.6 Å². The van der Waals surface area contributed by atoms with Crippen LogP contribution in [-0.2, 0) is 10.0 Å². The van der Waals surface area contributed by atoms with E-state index in [4.69, 9.17) is 0 Å². The normalized spacial score (nSPS) is 11.4. The summed E-state index contributed by atoms with van der Waals surface area (Å²) in [5, 5.41) is 11.8. The van der Waals surface area contributed by atoms with Crippen molar-refractivity contribution in [3.63, 3.8) is 0 Å². The second kappa shape index (κ2) is 4.05. The fourth-order valence-electron chi connectivity index (χ4n) is 1.07. The zero-order chi connectivity index (χ0) is 12.5. The Labute approximate surface area is 93.9 Å². The number of H-pyrrole nitrogens is 1. The summed E-state index contributed by atoms with van der Waals surface area (Å²) in [5.74, 6) is -2.42. The van der Waals surface area contributed by atoms with E-state index in [-0.39, 0.29) is 5.95 Å². The van der Waals surface area contributed by atoms with Gasteiger partial charge in [-0.3, -0.25) is 0 Å². The molecule has 7 nitrogen and oxygen atoms in total. The molecule has 0 atom stereocenters. The number of aromatic amines is 1. The molecule has 2 rings (SSSR count). The number of anilines is 1. The average molecular weight is 261 g/mol. The minimum atomic E-state index is -4.21. The lowest BCUT2D eigenvalue weighted by atomic mass is 10.3. The molecule has 0 unspecified atom stereocenters. The molecule has 2 aromatic rings. The van der Waals surface area contributed by atoms with Gasteiger partial charge in [0.15, 0.2) is 0 Å². The molecule has 0 aliphatic rings. The lowest BCUT2D eigenvalue weighted by Gasteiger charge is -2.04. The maximum absolute atomic E-state index is 13.3. The Kier molecular flexibility index (Phi) is 2.71. The van der Waals surface area contributed by atoms with Crippen molar-refractivity contribution in [2.24, 2.45) is 0 Å². The molecule has 1 heterocycles. The topological polar surface area (TPSA) is 101 Å². The van der Waals surface area contributed by atoms with Crippen LogP contribution in [0, 0.1) is 11.6 Å². The van der Waals surface area contributed by atoms with Crippen molar-refractivity contribution in [1.82, 2.24) is 20.6 Å². The van der Waals surface area contributed by atoms with Crippen LogP contribution in [0.5, 0.6) is 0 Å². The summed E-state index contributed by atoms with van der Waals surface area (Å²) in [4.78, 5) is -0.705. The third kappa shape index (κ3) is 2.36. The number of sulfonamides is 1. The van der Waals surface area contributed by atoms with Gasteiger partial charge in [-0.25, -0.2) is 21.9 Å². The van der Waals surface area contributed by atoms with Crippen LogP contribution < -0.4 is 4.72 Å². The maximum Gasteiger partial charge on any atom is 0.276 e. The van der Waals surface area contributed by atoms with E-state index in [0.29, 0.717) is 6.07 Å². The Morgan fingerprint density at radius 1 is 1.29 bits per heavy atom. The van der Waals surface area contributed by atoms with Gasteiger partial charge in [0.1, 0.15) is 16.5 Å². The van der Waals surface area contributed by atoms with Crippen LogP contribution in [0.1, 0.15) is 0 Å². The quantitative estimate of drug-likeness (QED) is 0.826. The van der Waals surface area contributed by atoms with Gasteiger partial charge in [-0.05, 0) is 17.3 Å². The minimum Gasteiger partial charge on any atom is -0.244 e. The molecular weight excluding hydrogens is 256 g/mol. The standard InChI is InChI=1S/C7H5F2N5O2S/c8-4-1-2-6(5(9)3-4)17(15,16)12-7-10-13-14-11-7/h1-3H,(H2,10,11,12,13,14). The van der Waals surface area contributed by atoms with Gasteiger partial charge in [0.25, 0.3) is 16.0 Å². The number of aromatic nitrogens is 4. The van der Waals surface area contributed by atoms with Crippen molar-refractivity contribution >= 4 is 16.0 Å². The summed E-state index contributed by atoms with van der Waals surface area (Å²) < 4.78 is 51.0. The van der Waals surface area contributed by atoms with Crippen LogP contribution in [-0.4, -0.2) is 29.0 Å². The predicted octanol–water partition coefficient (Wildman–Crippen LogP) is 0.279. The van der Waals surface area contributed by atoms with Crippen LogP contribution >= 0.6 is 0 Å². The summed E-state index contributed by atoms with van der Waals surface area (Å²) in [7, 11) is -4.21. The van der Waals surface area contributed by atoms with Gasteiger partial charge in [-0.2, -0.15) is 5.21 Å². The zero-order valence-corrected chi connectivity index (χ0v) is 8.87. The lowest BCUT2D eigenvalue weighted by Crippen LogP contribution is -2.15. The number of hydrogen-bond acceptors (Lipinski definition) is 5. The second-order valence-corrected chi connectivity index (χ2v) is 4.57. The molecule has 0 amide bonds. The van der Waals surface area contributed by atoms with Crippen molar-refractivity contribution in [1.29, 1.82) is 0 Å². The highest BCUT2D eigenvalue weighted by Crippen LogP contribution is 2.17. The smallest absolute Gasteiger partial charge is 0.244 e. The van der Waals surface area contributed by atoms with E-state index in [2.05, 4.69) is 15.4 Å². The number of nitrogens with zero attached hydrogens (tertiary/aromatic N) is 3. The summed E-state index contributed by atoms with van der Waals surface area (Å²) in [6.45, 7) is 0. The molecule has 0 fully saturated rings. The Hall–Kier alpha value is -2.10. The van der Waals surface area contributed by atoms with Crippen LogP contribution in [0.4, 0.5) is 14.7 Å². The van der Waals surface area contributed by atoms with Crippen LogP contribution in [0.15, 0.2) is 23.1 Å². The average Bonchev–Trinajstić information content (AvgIpc) is 2.68. The van der Waals surface area contributed by atoms with Crippen molar-refractivity contribution in [3.05, 3.63) is 29.8 Å². The highest BCUT2D eigenvalue weighted by Gasteiger charge is 2.21. The Morgan fingerprint density at radius 2 is 2.06 bits per heavy atom. The van der Waals surface area contributed by atoms with Gasteiger partial charge in [-0.1, -0.05) is 5.10 Å². The number of hydrogen-bond donors (Lipinski definition) is 2. The van der Waals surface area contributed by atoms with Crippen LogP contribution in [0.3, 0.4) is 0 Å². The largest absolute Gasteiger partial charge is 0.276 e. The maximum atomic E-state index is 13.3. The molecular formula is C7H5F2N5O2S. The molecule has 0 bridgehead atoms. The first-order valence-corrected chi connectivity index (χ1v) is 5.69. The number of benzene rings is 1. The Balaban J connectivity index is 2.38. The highest BCUT2D eigenvalue weighted by atomic mass is 32.2. The van der Waals surface area contributed by atoms with Crippen molar-refractivity contribution in [2.75, 3.05) is 4.72 Å². The van der Waals surface area contributed by atoms with E-state index >= 15 is 0 Å². The van der Waals surface area contributed by atoms with Gasteiger partial charge < -0.3 is 0 Å². The summed E-state index contributed by atoms with van der Waals surface area (Å²) in [6, 6.07) is 2.09. The first kappa shape index (κ1) is 11.4. The molecule has 0 saturated carbocycles. The molecule has 90 valence electrons. The fourth-order valence-corrected chi connectivity index (χ4v) is 2.07. The van der Waals surface area contributed by atoms with Crippen molar-refractivity contribution in [2.45, 2.75) is 4.90 Å². The van der Waals surface area contributed by atoms with Crippen molar-refractivity contribution < 1.29 is 17.2 Å². The minimum absolute atomic E-state index is 0.339. The molecule has 0 saturated heterocycles. The first-order valence-electron chi connectivity index (χ1n) is 4.20. The molecule has 1 aromatic carbocycles. The van der Waals surface area contributed by atoms with E-state index in [1.54, 1.807) is 0 Å². The summed E-state index contributed by atoms with van der Waals surface area (Å²) >= 11 is 0. The molecule has 0 aliphatic carbocycles. The van der Waals surface area contributed by atoms with E-state index in [1.807, 2.05) is 9.94 Å².